The van der Waals surface area contributed by atoms with Crippen molar-refractivity contribution in [1.82, 2.24) is 0 Å². The number of benzene rings is 1. The summed E-state index contributed by atoms with van der Waals surface area (Å²) in [5.41, 5.74) is 1.13. The van der Waals surface area contributed by atoms with Crippen LogP contribution in [0.1, 0.15) is 19.6 Å². The van der Waals surface area contributed by atoms with Crippen LogP contribution in [0.25, 0.3) is 11.3 Å². The minimum atomic E-state index is 0.938. The van der Waals surface area contributed by atoms with Crippen LogP contribution in [-0.2, 0) is 0 Å². The Hall–Kier alpha value is -1.50. The molecule has 0 saturated carbocycles. The number of hydrogen-bond acceptors (Lipinski definition) is 1. The molecule has 0 aliphatic heterocycles. The van der Waals surface area contributed by atoms with Crippen molar-refractivity contribution in [3.05, 3.63) is 48.2 Å². The molecule has 0 unspecified atom stereocenters. The van der Waals surface area contributed by atoms with E-state index in [1.54, 1.807) is 0 Å². The van der Waals surface area contributed by atoms with Gasteiger partial charge in [0.2, 0.25) is 0 Å². The van der Waals surface area contributed by atoms with Crippen LogP contribution in [-0.4, -0.2) is 0 Å². The van der Waals surface area contributed by atoms with Gasteiger partial charge in [-0.25, -0.2) is 0 Å². The van der Waals surface area contributed by atoms with E-state index < -0.39 is 0 Å². The molecule has 0 saturated heterocycles. The summed E-state index contributed by atoms with van der Waals surface area (Å²) in [7, 11) is 0. The molecule has 0 aliphatic rings. The Morgan fingerprint density at radius 2 is 1.50 bits per heavy atom. The van der Waals surface area contributed by atoms with Gasteiger partial charge < -0.3 is 4.42 Å². The van der Waals surface area contributed by atoms with Gasteiger partial charge in [0, 0.05) is 5.56 Å². The largest absolute Gasteiger partial charge is 0.461 e. The van der Waals surface area contributed by atoms with Gasteiger partial charge in [0.15, 0.2) is 0 Å². The van der Waals surface area contributed by atoms with Crippen molar-refractivity contribution < 1.29 is 4.42 Å². The summed E-state index contributed by atoms with van der Waals surface area (Å²) in [5, 5.41) is 0. The van der Waals surface area contributed by atoms with Crippen molar-refractivity contribution in [2.45, 2.75) is 20.8 Å². The van der Waals surface area contributed by atoms with Gasteiger partial charge in [-0.1, -0.05) is 44.2 Å². The van der Waals surface area contributed by atoms with Gasteiger partial charge in [-0.3, -0.25) is 0 Å². The van der Waals surface area contributed by atoms with Crippen LogP contribution in [0.5, 0.6) is 0 Å². The van der Waals surface area contributed by atoms with Crippen molar-refractivity contribution in [3.8, 4) is 11.3 Å². The third-order valence-electron chi connectivity index (χ3n) is 1.80. The Morgan fingerprint density at radius 3 is 2.00 bits per heavy atom. The fraction of sp³-hybridized carbons (Fsp3) is 0.231. The zero-order valence-corrected chi connectivity index (χ0v) is 8.95. The second-order valence-electron chi connectivity index (χ2n) is 2.78. The topological polar surface area (TPSA) is 13.1 Å². The number of hydrogen-bond donors (Lipinski definition) is 0. The standard InChI is InChI=1S/C11H10O.C2H6/c1-9-7-8-11(12-9)10-5-3-2-4-6-10;1-2/h2-8H,1H3;1-2H3. The minimum absolute atomic E-state index is 0.938. The van der Waals surface area contributed by atoms with E-state index in [4.69, 9.17) is 4.42 Å². The second kappa shape index (κ2) is 5.28. The summed E-state index contributed by atoms with van der Waals surface area (Å²) in [5.74, 6) is 1.89. The van der Waals surface area contributed by atoms with Gasteiger partial charge in [0.05, 0.1) is 0 Å². The third kappa shape index (κ3) is 2.49. The van der Waals surface area contributed by atoms with Crippen molar-refractivity contribution in [1.29, 1.82) is 0 Å². The molecule has 1 heterocycles. The lowest BCUT2D eigenvalue weighted by molar-refractivity contribution is 0.548. The molecular weight excluding hydrogens is 172 g/mol. The van der Waals surface area contributed by atoms with Crippen LogP contribution in [0.4, 0.5) is 0 Å². The van der Waals surface area contributed by atoms with Crippen molar-refractivity contribution >= 4 is 0 Å². The quantitative estimate of drug-likeness (QED) is 0.651. The molecule has 0 N–H and O–H groups in total. The van der Waals surface area contributed by atoms with Gasteiger partial charge >= 0.3 is 0 Å². The van der Waals surface area contributed by atoms with Gasteiger partial charge in [-0.2, -0.15) is 0 Å². The van der Waals surface area contributed by atoms with E-state index in [1.807, 2.05) is 63.2 Å². The van der Waals surface area contributed by atoms with Crippen molar-refractivity contribution in [3.63, 3.8) is 0 Å². The van der Waals surface area contributed by atoms with Crippen LogP contribution < -0.4 is 0 Å². The van der Waals surface area contributed by atoms with Crippen LogP contribution >= 0.6 is 0 Å². The SMILES string of the molecule is CC.Cc1ccc(-c2ccccc2)o1. The van der Waals surface area contributed by atoms with Gasteiger partial charge in [0.25, 0.3) is 0 Å². The monoisotopic (exact) mass is 188 g/mol. The van der Waals surface area contributed by atoms with E-state index in [-0.39, 0.29) is 0 Å². The Bertz CT molecular complexity index is 360. The first-order chi connectivity index (χ1) is 6.86. The van der Waals surface area contributed by atoms with Crippen LogP contribution in [0.15, 0.2) is 46.9 Å². The summed E-state index contributed by atoms with van der Waals surface area (Å²) in [6.07, 6.45) is 0. The molecule has 0 spiro atoms. The summed E-state index contributed by atoms with van der Waals surface area (Å²) < 4.78 is 5.47. The highest BCUT2D eigenvalue weighted by molar-refractivity contribution is 5.56. The molecule has 2 aromatic rings. The molecule has 1 aromatic carbocycles. The summed E-state index contributed by atoms with van der Waals surface area (Å²) >= 11 is 0. The highest BCUT2D eigenvalue weighted by Crippen LogP contribution is 2.20. The van der Waals surface area contributed by atoms with E-state index in [0.717, 1.165) is 17.1 Å². The van der Waals surface area contributed by atoms with Crippen LogP contribution in [0.3, 0.4) is 0 Å². The molecule has 0 bridgehead atoms. The lowest BCUT2D eigenvalue weighted by Crippen LogP contribution is -1.69. The number of aryl methyl sites for hydroxylation is 1. The Labute approximate surface area is 85.4 Å². The summed E-state index contributed by atoms with van der Waals surface area (Å²) in [4.78, 5) is 0. The normalized spacial score (nSPS) is 9.07. The first-order valence-corrected chi connectivity index (χ1v) is 4.98. The molecule has 0 aliphatic carbocycles. The van der Waals surface area contributed by atoms with Crippen molar-refractivity contribution in [2.24, 2.45) is 0 Å². The fourth-order valence-corrected chi connectivity index (χ4v) is 1.19. The molecule has 2 rings (SSSR count). The maximum atomic E-state index is 5.47. The first-order valence-electron chi connectivity index (χ1n) is 4.98. The first kappa shape index (κ1) is 10.6. The molecule has 0 radical (unpaired) electrons. The molecule has 1 nitrogen and oxygen atoms in total. The minimum Gasteiger partial charge on any atom is -0.461 e. The smallest absolute Gasteiger partial charge is 0.134 e. The van der Waals surface area contributed by atoms with E-state index in [1.165, 1.54) is 0 Å². The van der Waals surface area contributed by atoms with E-state index in [9.17, 15) is 0 Å². The zero-order valence-electron chi connectivity index (χ0n) is 8.95. The number of rotatable bonds is 1. The second-order valence-corrected chi connectivity index (χ2v) is 2.78. The molecule has 0 fully saturated rings. The highest BCUT2D eigenvalue weighted by Gasteiger charge is 1.99. The Balaban J connectivity index is 0.000000461. The molecule has 74 valence electrons. The van der Waals surface area contributed by atoms with Gasteiger partial charge in [-0.05, 0) is 19.1 Å². The molecule has 0 amide bonds. The van der Waals surface area contributed by atoms with E-state index in [0.29, 0.717) is 0 Å². The fourth-order valence-electron chi connectivity index (χ4n) is 1.19. The zero-order chi connectivity index (χ0) is 10.4. The maximum Gasteiger partial charge on any atom is 0.134 e. The van der Waals surface area contributed by atoms with Gasteiger partial charge in [-0.15, -0.1) is 0 Å². The molecular formula is C13H16O. The molecule has 1 heteroatoms. The summed E-state index contributed by atoms with van der Waals surface area (Å²) in [6.45, 7) is 5.95. The van der Waals surface area contributed by atoms with Crippen molar-refractivity contribution in [2.75, 3.05) is 0 Å². The average Bonchev–Trinajstić information content (AvgIpc) is 2.69. The third-order valence-corrected chi connectivity index (χ3v) is 1.80. The maximum absolute atomic E-state index is 5.47. The highest BCUT2D eigenvalue weighted by atomic mass is 16.3. The van der Waals surface area contributed by atoms with E-state index >= 15 is 0 Å². The van der Waals surface area contributed by atoms with Crippen LogP contribution in [0, 0.1) is 6.92 Å². The predicted octanol–water partition coefficient (Wildman–Crippen LogP) is 4.28. The van der Waals surface area contributed by atoms with Crippen LogP contribution in [0.2, 0.25) is 0 Å². The Kier molecular flexibility index (Phi) is 3.99. The average molecular weight is 188 g/mol. The van der Waals surface area contributed by atoms with E-state index in [2.05, 4.69) is 0 Å². The van der Waals surface area contributed by atoms with Gasteiger partial charge in [0.1, 0.15) is 11.5 Å². The predicted molar refractivity (Wildman–Crippen MR) is 60.2 cm³/mol. The molecule has 0 atom stereocenters. The lowest BCUT2D eigenvalue weighted by atomic mass is 10.2. The Morgan fingerprint density at radius 1 is 0.857 bits per heavy atom. The summed E-state index contributed by atoms with van der Waals surface area (Å²) in [6, 6.07) is 14.1. The lowest BCUT2D eigenvalue weighted by Gasteiger charge is -1.93. The molecule has 14 heavy (non-hydrogen) atoms. The number of furan rings is 1. The molecule has 1 aromatic heterocycles.